The minimum absolute atomic E-state index is 0.0728. The molecule has 3 aromatic rings. The second-order valence-corrected chi connectivity index (χ2v) is 9.44. The molecule has 0 aliphatic heterocycles. The lowest BCUT2D eigenvalue weighted by Crippen LogP contribution is -2.12. The highest BCUT2D eigenvalue weighted by Crippen LogP contribution is 2.40. The van der Waals surface area contributed by atoms with E-state index < -0.39 is 10.1 Å². The van der Waals surface area contributed by atoms with Crippen molar-refractivity contribution in [1.82, 2.24) is 4.98 Å². The molecule has 0 spiro atoms. The van der Waals surface area contributed by atoms with Crippen LogP contribution in [0.2, 0.25) is 0 Å². The highest BCUT2D eigenvalue weighted by atomic mass is 79.9. The van der Waals surface area contributed by atoms with Crippen LogP contribution >= 0.6 is 47.8 Å². The van der Waals surface area contributed by atoms with E-state index in [9.17, 15) is 8.42 Å². The Morgan fingerprint density at radius 2 is 1.77 bits per heavy atom. The van der Waals surface area contributed by atoms with Crippen LogP contribution < -0.4 is 8.92 Å². The molecule has 1 heterocycles. The number of hydrogen-bond acceptors (Lipinski definition) is 5. The Morgan fingerprint density at radius 1 is 1.04 bits per heavy atom. The van der Waals surface area contributed by atoms with Crippen LogP contribution in [-0.4, -0.2) is 20.5 Å². The Morgan fingerprint density at radius 3 is 2.46 bits per heavy atom. The van der Waals surface area contributed by atoms with Crippen LogP contribution in [0, 0.1) is 6.92 Å². The van der Waals surface area contributed by atoms with Gasteiger partial charge in [-0.15, -0.1) is 0 Å². The van der Waals surface area contributed by atoms with Crippen molar-refractivity contribution in [2.75, 3.05) is 7.11 Å². The summed E-state index contributed by atoms with van der Waals surface area (Å²) >= 11 is 10.1. The van der Waals surface area contributed by atoms with E-state index in [1.165, 1.54) is 13.2 Å². The molecule has 26 heavy (non-hydrogen) atoms. The van der Waals surface area contributed by atoms with E-state index in [2.05, 4.69) is 52.8 Å². The molecule has 0 amide bonds. The van der Waals surface area contributed by atoms with Gasteiger partial charge in [-0.1, -0.05) is 37.9 Å². The summed E-state index contributed by atoms with van der Waals surface area (Å²) in [4.78, 5) is 4.19. The third-order valence-electron chi connectivity index (χ3n) is 3.66. The molecule has 0 saturated carbocycles. The Bertz CT molecular complexity index is 1120. The first-order chi connectivity index (χ1) is 12.2. The first kappa shape index (κ1) is 19.6. The van der Waals surface area contributed by atoms with Crippen molar-refractivity contribution in [2.24, 2.45) is 0 Å². The number of halogens is 3. The molecule has 0 saturated heterocycles. The molecular weight excluding hydrogens is 554 g/mol. The summed E-state index contributed by atoms with van der Waals surface area (Å²) in [5, 5.41) is 0.734. The highest BCUT2D eigenvalue weighted by molar-refractivity contribution is 9.11. The van der Waals surface area contributed by atoms with Gasteiger partial charge in [0.05, 0.1) is 11.6 Å². The molecule has 0 fully saturated rings. The second-order valence-electron chi connectivity index (χ2n) is 5.36. The number of fused-ring (bicyclic) bond motifs is 1. The Balaban J connectivity index is 2.18. The third kappa shape index (κ3) is 3.62. The van der Waals surface area contributed by atoms with E-state index in [1.54, 1.807) is 24.4 Å². The molecule has 0 atom stereocenters. The topological polar surface area (TPSA) is 65.5 Å². The number of benzene rings is 2. The van der Waals surface area contributed by atoms with E-state index >= 15 is 0 Å². The number of nitrogens with zero attached hydrogens (tertiary/aromatic N) is 1. The standard InChI is InChI=1S/C17H12Br3NO4S/c1-9-6-14(24-2)15(8-11(9)18)26(22,23)25-17-13(20)7-12(19)10-4-3-5-21-16(10)17/h3-8H,1-2H3. The molecule has 0 bridgehead atoms. The maximum Gasteiger partial charge on any atom is 0.343 e. The van der Waals surface area contributed by atoms with E-state index in [0.717, 1.165) is 15.4 Å². The first-order valence-electron chi connectivity index (χ1n) is 7.26. The van der Waals surface area contributed by atoms with Crippen molar-refractivity contribution in [3.8, 4) is 11.5 Å². The number of aromatic nitrogens is 1. The van der Waals surface area contributed by atoms with Gasteiger partial charge in [0, 0.05) is 20.5 Å². The van der Waals surface area contributed by atoms with Crippen LogP contribution in [0.15, 0.2) is 54.8 Å². The zero-order valence-electron chi connectivity index (χ0n) is 13.6. The molecule has 2 aromatic carbocycles. The molecule has 9 heteroatoms. The maximum atomic E-state index is 12.9. The average Bonchev–Trinajstić information content (AvgIpc) is 2.60. The predicted octanol–water partition coefficient (Wildman–Crippen LogP) is 5.61. The maximum absolute atomic E-state index is 12.9. The van der Waals surface area contributed by atoms with E-state index in [1.807, 2.05) is 13.0 Å². The van der Waals surface area contributed by atoms with Gasteiger partial charge >= 0.3 is 10.1 Å². The molecular formula is C17H12Br3NO4S. The van der Waals surface area contributed by atoms with Crippen molar-refractivity contribution >= 4 is 68.8 Å². The van der Waals surface area contributed by atoms with E-state index in [0.29, 0.717) is 14.5 Å². The molecule has 0 N–H and O–H groups in total. The number of rotatable bonds is 4. The van der Waals surface area contributed by atoms with Crippen LogP contribution in [0.4, 0.5) is 0 Å². The normalized spacial score (nSPS) is 11.6. The highest BCUT2D eigenvalue weighted by Gasteiger charge is 2.26. The number of methoxy groups -OCH3 is 1. The molecule has 0 radical (unpaired) electrons. The van der Waals surface area contributed by atoms with Crippen molar-refractivity contribution in [3.05, 3.63) is 55.5 Å². The number of ether oxygens (including phenoxy) is 1. The third-order valence-corrected chi connectivity index (χ3v) is 7.00. The predicted molar refractivity (Wildman–Crippen MR) is 110 cm³/mol. The minimum atomic E-state index is -4.16. The lowest BCUT2D eigenvalue weighted by Gasteiger charge is -2.14. The number of hydrogen-bond donors (Lipinski definition) is 0. The summed E-state index contributed by atoms with van der Waals surface area (Å²) in [6, 6.07) is 8.40. The molecule has 5 nitrogen and oxygen atoms in total. The fraction of sp³-hybridized carbons (Fsp3) is 0.118. The van der Waals surface area contributed by atoms with Gasteiger partial charge < -0.3 is 8.92 Å². The van der Waals surface area contributed by atoms with Gasteiger partial charge in [0.15, 0.2) is 5.75 Å². The fourth-order valence-electron chi connectivity index (χ4n) is 2.37. The summed E-state index contributed by atoms with van der Waals surface area (Å²) in [7, 11) is -2.75. The smallest absolute Gasteiger partial charge is 0.343 e. The average molecular weight is 566 g/mol. The summed E-state index contributed by atoms with van der Waals surface area (Å²) < 4.78 is 38.4. The molecule has 3 rings (SSSR count). The van der Waals surface area contributed by atoms with Crippen LogP contribution in [0.3, 0.4) is 0 Å². The van der Waals surface area contributed by atoms with Crippen molar-refractivity contribution in [1.29, 1.82) is 0 Å². The Kier molecular flexibility index (Phi) is 5.62. The second kappa shape index (κ2) is 7.46. The lowest BCUT2D eigenvalue weighted by atomic mass is 10.2. The van der Waals surface area contributed by atoms with Gasteiger partial charge in [-0.25, -0.2) is 0 Å². The summed E-state index contributed by atoms with van der Waals surface area (Å²) in [5.41, 5.74) is 1.26. The van der Waals surface area contributed by atoms with Crippen LogP contribution in [-0.2, 0) is 10.1 Å². The van der Waals surface area contributed by atoms with Gasteiger partial charge in [0.25, 0.3) is 0 Å². The van der Waals surface area contributed by atoms with Gasteiger partial charge in [-0.05, 0) is 52.7 Å². The first-order valence-corrected chi connectivity index (χ1v) is 11.0. The van der Waals surface area contributed by atoms with Gasteiger partial charge in [-0.3, -0.25) is 4.98 Å². The van der Waals surface area contributed by atoms with Gasteiger partial charge in [0.2, 0.25) is 0 Å². The van der Waals surface area contributed by atoms with E-state index in [4.69, 9.17) is 8.92 Å². The SMILES string of the molecule is COc1cc(C)c(Br)cc1S(=O)(=O)Oc1c(Br)cc(Br)c2cccnc12. The quantitative estimate of drug-likeness (QED) is 0.385. The molecule has 0 aliphatic carbocycles. The number of pyridine rings is 1. The van der Waals surface area contributed by atoms with Crippen molar-refractivity contribution in [2.45, 2.75) is 11.8 Å². The molecule has 0 unspecified atom stereocenters. The van der Waals surface area contributed by atoms with Crippen molar-refractivity contribution in [3.63, 3.8) is 0 Å². The largest absolute Gasteiger partial charge is 0.495 e. The van der Waals surface area contributed by atoms with Crippen LogP contribution in [0.25, 0.3) is 10.9 Å². The summed E-state index contributed by atoms with van der Waals surface area (Å²) in [6.45, 7) is 1.84. The number of aryl methyl sites for hydroxylation is 1. The van der Waals surface area contributed by atoms with Crippen LogP contribution in [0.5, 0.6) is 11.5 Å². The van der Waals surface area contributed by atoms with Gasteiger partial charge in [0.1, 0.15) is 16.2 Å². The van der Waals surface area contributed by atoms with Gasteiger partial charge in [-0.2, -0.15) is 8.42 Å². The van der Waals surface area contributed by atoms with Crippen molar-refractivity contribution < 1.29 is 17.3 Å². The fourth-order valence-corrected chi connectivity index (χ4v) is 5.46. The minimum Gasteiger partial charge on any atom is -0.495 e. The lowest BCUT2D eigenvalue weighted by molar-refractivity contribution is 0.397. The zero-order chi connectivity index (χ0) is 19.1. The van der Waals surface area contributed by atoms with Crippen LogP contribution in [0.1, 0.15) is 5.56 Å². The Labute approximate surface area is 176 Å². The summed E-state index contributed by atoms with van der Waals surface area (Å²) in [5.74, 6) is 0.318. The summed E-state index contributed by atoms with van der Waals surface area (Å²) in [6.07, 6.45) is 1.57. The zero-order valence-corrected chi connectivity index (χ0v) is 19.2. The Hall–Kier alpha value is -1.16. The monoisotopic (exact) mass is 563 g/mol. The van der Waals surface area contributed by atoms with E-state index in [-0.39, 0.29) is 16.4 Å². The molecule has 0 aliphatic rings. The molecule has 136 valence electrons. The molecule has 1 aromatic heterocycles.